The minimum Gasteiger partial charge on any atom is -0.361 e. The normalized spacial score (nSPS) is 16.9. The van der Waals surface area contributed by atoms with Crippen molar-refractivity contribution < 1.29 is 0 Å². The van der Waals surface area contributed by atoms with Crippen LogP contribution >= 0.6 is 0 Å². The summed E-state index contributed by atoms with van der Waals surface area (Å²) in [6.07, 6.45) is 0. The molecule has 1 fully saturated rings. The first kappa shape index (κ1) is 22.1. The molecule has 0 aromatic heterocycles. The maximum atomic E-state index is 9.77. The Balaban J connectivity index is 1.68. The molecule has 0 N–H and O–H groups in total. The molecule has 1 aliphatic heterocycles. The standard InChI is InChI=1S/C28H25N5/c1-20-3-8-25(9-4-20)28-19-32(21(2)24-10-5-22(16-29)6-11-24)13-14-33(28)27-12-7-23(17-30)15-26(27)18-31/h3-12,15,21,28H,13-14,19H2,1-2H3/t21-,28-/m0/s1. The number of rotatable bonds is 4. The number of aryl methyl sites for hydroxylation is 1. The summed E-state index contributed by atoms with van der Waals surface area (Å²) in [6.45, 7) is 6.69. The number of nitrogens with zero attached hydrogens (tertiary/aromatic N) is 5. The molecule has 5 heteroatoms. The Hall–Kier alpha value is -4.11. The molecular formula is C28H25N5. The molecule has 2 atom stereocenters. The van der Waals surface area contributed by atoms with Gasteiger partial charge in [-0.3, -0.25) is 4.90 Å². The molecule has 0 aliphatic carbocycles. The third-order valence-corrected chi connectivity index (χ3v) is 6.50. The lowest BCUT2D eigenvalue weighted by Gasteiger charge is -2.45. The van der Waals surface area contributed by atoms with E-state index >= 15 is 0 Å². The Morgan fingerprint density at radius 3 is 2.12 bits per heavy atom. The van der Waals surface area contributed by atoms with Crippen LogP contribution in [-0.4, -0.2) is 24.5 Å². The van der Waals surface area contributed by atoms with Gasteiger partial charge in [0.1, 0.15) is 6.07 Å². The van der Waals surface area contributed by atoms with Gasteiger partial charge in [-0.25, -0.2) is 0 Å². The summed E-state index contributed by atoms with van der Waals surface area (Å²) >= 11 is 0. The predicted octanol–water partition coefficient (Wildman–Crippen LogP) is 5.23. The highest BCUT2D eigenvalue weighted by molar-refractivity contribution is 5.63. The summed E-state index contributed by atoms with van der Waals surface area (Å²) in [5, 5.41) is 28.1. The predicted molar refractivity (Wildman–Crippen MR) is 128 cm³/mol. The van der Waals surface area contributed by atoms with Crippen molar-refractivity contribution in [2.45, 2.75) is 25.9 Å². The third-order valence-electron chi connectivity index (χ3n) is 6.50. The summed E-state index contributed by atoms with van der Waals surface area (Å²) in [6, 6.07) is 28.6. The van der Waals surface area contributed by atoms with Gasteiger partial charge in [0.2, 0.25) is 0 Å². The van der Waals surface area contributed by atoms with Crippen LogP contribution in [-0.2, 0) is 0 Å². The van der Waals surface area contributed by atoms with E-state index in [1.54, 1.807) is 12.1 Å². The molecule has 0 bridgehead atoms. The van der Waals surface area contributed by atoms with E-state index in [-0.39, 0.29) is 12.1 Å². The highest BCUT2D eigenvalue weighted by atomic mass is 15.3. The Bertz CT molecular complexity index is 1260. The highest BCUT2D eigenvalue weighted by Gasteiger charge is 2.32. The lowest BCUT2D eigenvalue weighted by molar-refractivity contribution is 0.171. The molecule has 4 rings (SSSR count). The van der Waals surface area contributed by atoms with Crippen LogP contribution in [0.2, 0.25) is 0 Å². The molecule has 0 spiro atoms. The van der Waals surface area contributed by atoms with Crippen molar-refractivity contribution in [3.05, 3.63) is 100 Å². The lowest BCUT2D eigenvalue weighted by atomic mass is 9.96. The van der Waals surface area contributed by atoms with Crippen molar-refractivity contribution in [3.63, 3.8) is 0 Å². The molecule has 0 saturated carbocycles. The van der Waals surface area contributed by atoms with Crippen LogP contribution in [0.15, 0.2) is 66.7 Å². The van der Waals surface area contributed by atoms with Gasteiger partial charge >= 0.3 is 0 Å². The second kappa shape index (κ2) is 9.58. The van der Waals surface area contributed by atoms with Gasteiger partial charge in [0.05, 0.1) is 40.6 Å². The minimum absolute atomic E-state index is 0.0696. The lowest BCUT2D eigenvalue weighted by Crippen LogP contribution is -2.49. The van der Waals surface area contributed by atoms with E-state index in [1.807, 2.05) is 30.3 Å². The summed E-state index contributed by atoms with van der Waals surface area (Å²) in [5.41, 5.74) is 6.15. The second-order valence-electron chi connectivity index (χ2n) is 8.48. The van der Waals surface area contributed by atoms with E-state index in [4.69, 9.17) is 5.26 Å². The zero-order chi connectivity index (χ0) is 23.4. The molecule has 1 aliphatic rings. The molecule has 3 aromatic rings. The fraction of sp³-hybridized carbons (Fsp3) is 0.250. The maximum Gasteiger partial charge on any atom is 0.101 e. The fourth-order valence-electron chi connectivity index (χ4n) is 4.51. The van der Waals surface area contributed by atoms with Crippen LogP contribution in [0.5, 0.6) is 0 Å². The first-order valence-electron chi connectivity index (χ1n) is 11.1. The smallest absolute Gasteiger partial charge is 0.101 e. The Labute approximate surface area is 195 Å². The zero-order valence-corrected chi connectivity index (χ0v) is 18.9. The molecule has 5 nitrogen and oxygen atoms in total. The number of hydrogen-bond acceptors (Lipinski definition) is 5. The van der Waals surface area contributed by atoms with E-state index in [0.717, 1.165) is 25.3 Å². The van der Waals surface area contributed by atoms with Gasteiger partial charge in [0.25, 0.3) is 0 Å². The van der Waals surface area contributed by atoms with Crippen molar-refractivity contribution >= 4 is 5.69 Å². The van der Waals surface area contributed by atoms with Gasteiger partial charge in [-0.2, -0.15) is 15.8 Å². The van der Waals surface area contributed by atoms with E-state index in [2.05, 4.69) is 66.1 Å². The Morgan fingerprint density at radius 2 is 1.48 bits per heavy atom. The van der Waals surface area contributed by atoms with Crippen LogP contribution in [0.1, 0.15) is 52.4 Å². The van der Waals surface area contributed by atoms with E-state index in [1.165, 1.54) is 16.7 Å². The van der Waals surface area contributed by atoms with Gasteiger partial charge < -0.3 is 4.90 Å². The van der Waals surface area contributed by atoms with E-state index < -0.39 is 0 Å². The first-order chi connectivity index (χ1) is 16.0. The molecular weight excluding hydrogens is 406 g/mol. The second-order valence-corrected chi connectivity index (χ2v) is 8.48. The maximum absolute atomic E-state index is 9.77. The monoisotopic (exact) mass is 431 g/mol. The largest absolute Gasteiger partial charge is 0.361 e. The van der Waals surface area contributed by atoms with Crippen molar-refractivity contribution in [2.75, 3.05) is 24.5 Å². The zero-order valence-electron chi connectivity index (χ0n) is 18.9. The van der Waals surface area contributed by atoms with Crippen LogP contribution < -0.4 is 4.90 Å². The SMILES string of the molecule is Cc1ccc([C@@H]2CN([C@@H](C)c3ccc(C#N)cc3)CCN2c2ccc(C#N)cc2C#N)cc1. The number of piperazine rings is 1. The number of anilines is 1. The number of hydrogen-bond donors (Lipinski definition) is 0. The third kappa shape index (κ3) is 4.58. The molecule has 1 saturated heterocycles. The van der Waals surface area contributed by atoms with Crippen molar-refractivity contribution in [2.24, 2.45) is 0 Å². The fourth-order valence-corrected chi connectivity index (χ4v) is 4.51. The molecule has 0 radical (unpaired) electrons. The van der Waals surface area contributed by atoms with Crippen LogP contribution in [0.4, 0.5) is 5.69 Å². The summed E-state index contributed by atoms with van der Waals surface area (Å²) in [5.74, 6) is 0. The molecule has 33 heavy (non-hydrogen) atoms. The van der Waals surface area contributed by atoms with E-state index in [9.17, 15) is 10.5 Å². The quantitative estimate of drug-likeness (QED) is 0.565. The highest BCUT2D eigenvalue weighted by Crippen LogP contribution is 2.36. The summed E-state index contributed by atoms with van der Waals surface area (Å²) in [7, 11) is 0. The van der Waals surface area contributed by atoms with Gasteiger partial charge in [-0.1, -0.05) is 42.0 Å². The van der Waals surface area contributed by atoms with Crippen LogP contribution in [0.3, 0.4) is 0 Å². The van der Waals surface area contributed by atoms with Crippen LogP contribution in [0.25, 0.3) is 0 Å². The van der Waals surface area contributed by atoms with Crippen LogP contribution in [0, 0.1) is 40.9 Å². The van der Waals surface area contributed by atoms with Crippen molar-refractivity contribution in [1.82, 2.24) is 4.90 Å². The number of nitriles is 3. The van der Waals surface area contributed by atoms with Crippen molar-refractivity contribution in [3.8, 4) is 18.2 Å². The van der Waals surface area contributed by atoms with Gasteiger partial charge in [0.15, 0.2) is 0 Å². The minimum atomic E-state index is 0.0696. The Kier molecular flexibility index (Phi) is 6.41. The summed E-state index contributed by atoms with van der Waals surface area (Å²) in [4.78, 5) is 4.75. The molecule has 0 amide bonds. The molecule has 3 aromatic carbocycles. The van der Waals surface area contributed by atoms with Gasteiger partial charge in [-0.05, 0) is 55.3 Å². The molecule has 1 heterocycles. The topological polar surface area (TPSA) is 77.8 Å². The summed E-state index contributed by atoms with van der Waals surface area (Å²) < 4.78 is 0. The van der Waals surface area contributed by atoms with Gasteiger partial charge in [-0.15, -0.1) is 0 Å². The number of benzene rings is 3. The van der Waals surface area contributed by atoms with Crippen molar-refractivity contribution in [1.29, 1.82) is 15.8 Å². The molecule has 0 unspecified atom stereocenters. The average molecular weight is 432 g/mol. The molecule has 162 valence electrons. The first-order valence-corrected chi connectivity index (χ1v) is 11.1. The Morgan fingerprint density at radius 1 is 0.818 bits per heavy atom. The van der Waals surface area contributed by atoms with Gasteiger partial charge in [0, 0.05) is 25.7 Å². The van der Waals surface area contributed by atoms with E-state index in [0.29, 0.717) is 16.7 Å². The average Bonchev–Trinajstić information content (AvgIpc) is 2.88.